The van der Waals surface area contributed by atoms with Gasteiger partial charge in [-0.1, -0.05) is 12.1 Å². The van der Waals surface area contributed by atoms with Crippen LogP contribution in [0.5, 0.6) is 0 Å². The van der Waals surface area contributed by atoms with E-state index in [1.807, 2.05) is 6.07 Å². The van der Waals surface area contributed by atoms with E-state index in [0.717, 1.165) is 24.9 Å². The first-order valence-corrected chi connectivity index (χ1v) is 6.76. The molecular weight excluding hydrogens is 242 g/mol. The maximum Gasteiger partial charge on any atom is 0.269 e. The highest BCUT2D eigenvalue weighted by Gasteiger charge is 2.32. The van der Waals surface area contributed by atoms with Gasteiger partial charge in [-0.15, -0.1) is 0 Å². The van der Waals surface area contributed by atoms with E-state index >= 15 is 0 Å². The fourth-order valence-electron chi connectivity index (χ4n) is 2.89. The van der Waals surface area contributed by atoms with Crippen molar-refractivity contribution in [2.24, 2.45) is 5.73 Å². The molecule has 2 rings (SSSR count). The molecule has 2 atom stereocenters. The van der Waals surface area contributed by atoms with Crippen LogP contribution in [0.25, 0.3) is 0 Å². The first-order chi connectivity index (χ1) is 9.00. The molecular formula is C14H21N3O2. The molecule has 0 saturated carbocycles. The van der Waals surface area contributed by atoms with E-state index in [9.17, 15) is 10.1 Å². The Bertz CT molecular complexity index is 462. The summed E-state index contributed by atoms with van der Waals surface area (Å²) >= 11 is 0. The molecule has 0 spiro atoms. The molecule has 1 aromatic carbocycles. The van der Waals surface area contributed by atoms with Gasteiger partial charge in [-0.05, 0) is 38.8 Å². The van der Waals surface area contributed by atoms with Gasteiger partial charge in [-0.3, -0.25) is 15.0 Å². The molecule has 1 heterocycles. The smallest absolute Gasteiger partial charge is 0.269 e. The number of rotatable bonds is 3. The molecule has 0 aromatic heterocycles. The second-order valence-electron chi connectivity index (χ2n) is 5.43. The van der Waals surface area contributed by atoms with Gasteiger partial charge in [-0.25, -0.2) is 0 Å². The number of nitrogens with two attached hydrogens (primary N) is 1. The molecule has 0 bridgehead atoms. The van der Waals surface area contributed by atoms with Crippen molar-refractivity contribution < 1.29 is 4.92 Å². The highest BCUT2D eigenvalue weighted by atomic mass is 16.6. The minimum Gasteiger partial charge on any atom is -0.326 e. The van der Waals surface area contributed by atoms with Crippen LogP contribution in [0.15, 0.2) is 24.3 Å². The third-order valence-electron chi connectivity index (χ3n) is 3.80. The van der Waals surface area contributed by atoms with Crippen LogP contribution in [0.1, 0.15) is 38.3 Å². The molecule has 104 valence electrons. The normalized spacial score (nSPS) is 24.6. The predicted octanol–water partition coefficient (Wildman–Crippen LogP) is 2.47. The first-order valence-electron chi connectivity index (χ1n) is 6.76. The molecule has 5 heteroatoms. The van der Waals surface area contributed by atoms with E-state index in [1.54, 1.807) is 12.1 Å². The van der Waals surface area contributed by atoms with E-state index < -0.39 is 0 Å². The lowest BCUT2D eigenvalue weighted by molar-refractivity contribution is -0.385. The molecule has 2 N–H and O–H groups in total. The minimum atomic E-state index is -0.350. The average Bonchev–Trinajstić information content (AvgIpc) is 2.38. The summed E-state index contributed by atoms with van der Waals surface area (Å²) in [6.45, 7) is 5.28. The van der Waals surface area contributed by atoms with Gasteiger partial charge in [0.1, 0.15) is 0 Å². The number of piperidine rings is 1. The van der Waals surface area contributed by atoms with Gasteiger partial charge in [0, 0.05) is 24.2 Å². The van der Waals surface area contributed by atoms with Gasteiger partial charge in [0.15, 0.2) is 0 Å². The van der Waals surface area contributed by atoms with Gasteiger partial charge < -0.3 is 5.73 Å². The lowest BCUT2D eigenvalue weighted by atomic mass is 9.89. The number of nitro benzene ring substituents is 1. The van der Waals surface area contributed by atoms with Crippen molar-refractivity contribution in [3.05, 3.63) is 39.9 Å². The van der Waals surface area contributed by atoms with Crippen LogP contribution >= 0.6 is 0 Å². The summed E-state index contributed by atoms with van der Waals surface area (Å²) in [5.41, 5.74) is 7.35. The third-order valence-corrected chi connectivity index (χ3v) is 3.80. The number of non-ortho nitro benzene ring substituents is 1. The Morgan fingerprint density at radius 2 is 2.21 bits per heavy atom. The topological polar surface area (TPSA) is 72.4 Å². The fourth-order valence-corrected chi connectivity index (χ4v) is 2.89. The van der Waals surface area contributed by atoms with Crippen molar-refractivity contribution in [2.45, 2.75) is 44.8 Å². The molecule has 1 aliphatic heterocycles. The second kappa shape index (κ2) is 5.67. The summed E-state index contributed by atoms with van der Waals surface area (Å²) in [5, 5.41) is 10.9. The Morgan fingerprint density at radius 1 is 1.47 bits per heavy atom. The number of benzene rings is 1. The van der Waals surface area contributed by atoms with Gasteiger partial charge in [0.05, 0.1) is 11.0 Å². The molecule has 5 nitrogen and oxygen atoms in total. The Kier molecular flexibility index (Phi) is 4.17. The van der Waals surface area contributed by atoms with E-state index in [0.29, 0.717) is 6.04 Å². The average molecular weight is 263 g/mol. The highest BCUT2D eigenvalue weighted by Crippen LogP contribution is 2.33. The fraction of sp³-hybridized carbons (Fsp3) is 0.571. The van der Waals surface area contributed by atoms with Crippen LogP contribution in [-0.4, -0.2) is 28.5 Å². The maximum absolute atomic E-state index is 10.9. The van der Waals surface area contributed by atoms with Gasteiger partial charge in [0.2, 0.25) is 0 Å². The number of nitro groups is 1. The van der Waals surface area contributed by atoms with Crippen molar-refractivity contribution in [1.82, 2.24) is 4.90 Å². The Morgan fingerprint density at radius 3 is 2.84 bits per heavy atom. The van der Waals surface area contributed by atoms with Gasteiger partial charge >= 0.3 is 0 Å². The van der Waals surface area contributed by atoms with Crippen LogP contribution in [0.4, 0.5) is 5.69 Å². The Balaban J connectivity index is 2.35. The van der Waals surface area contributed by atoms with Crippen molar-refractivity contribution >= 4 is 5.69 Å². The molecule has 19 heavy (non-hydrogen) atoms. The second-order valence-corrected chi connectivity index (χ2v) is 5.43. The molecule has 1 fully saturated rings. The SMILES string of the molecule is CC(C)N1CCCC(N)C1c1cccc([N+](=O)[O-])c1. The standard InChI is InChI=1S/C14H21N3O2/c1-10(2)16-8-4-7-13(15)14(16)11-5-3-6-12(9-11)17(18)19/h3,5-6,9-10,13-14H,4,7-8,15H2,1-2H3. The van der Waals surface area contributed by atoms with E-state index in [2.05, 4.69) is 18.7 Å². The van der Waals surface area contributed by atoms with Crippen molar-refractivity contribution in [3.63, 3.8) is 0 Å². The lowest BCUT2D eigenvalue weighted by Gasteiger charge is -2.42. The summed E-state index contributed by atoms with van der Waals surface area (Å²) in [7, 11) is 0. The van der Waals surface area contributed by atoms with Crippen LogP contribution in [0.3, 0.4) is 0 Å². The Labute approximate surface area is 113 Å². The zero-order valence-electron chi connectivity index (χ0n) is 11.5. The third kappa shape index (κ3) is 2.93. The number of likely N-dealkylation sites (tertiary alicyclic amines) is 1. The molecule has 0 aliphatic carbocycles. The molecule has 1 aliphatic rings. The minimum absolute atomic E-state index is 0.0400. The zero-order chi connectivity index (χ0) is 14.0. The maximum atomic E-state index is 10.9. The summed E-state index contributed by atoms with van der Waals surface area (Å²) in [4.78, 5) is 12.9. The van der Waals surface area contributed by atoms with E-state index in [1.165, 1.54) is 6.07 Å². The van der Waals surface area contributed by atoms with Crippen LogP contribution in [-0.2, 0) is 0 Å². The lowest BCUT2D eigenvalue weighted by Crippen LogP contribution is -2.48. The van der Waals surface area contributed by atoms with Crippen LogP contribution in [0, 0.1) is 10.1 Å². The zero-order valence-corrected chi connectivity index (χ0v) is 11.5. The molecule has 1 aromatic rings. The number of hydrogen-bond acceptors (Lipinski definition) is 4. The van der Waals surface area contributed by atoms with Crippen molar-refractivity contribution in [1.29, 1.82) is 0 Å². The molecule has 0 amide bonds. The number of hydrogen-bond donors (Lipinski definition) is 1. The summed E-state index contributed by atoms with van der Waals surface area (Å²) in [6.07, 6.45) is 2.06. The highest BCUT2D eigenvalue weighted by molar-refractivity contribution is 5.36. The molecule has 1 saturated heterocycles. The van der Waals surface area contributed by atoms with E-state index in [-0.39, 0.29) is 22.7 Å². The summed E-state index contributed by atoms with van der Waals surface area (Å²) < 4.78 is 0. The first kappa shape index (κ1) is 14.0. The monoisotopic (exact) mass is 263 g/mol. The van der Waals surface area contributed by atoms with E-state index in [4.69, 9.17) is 5.73 Å². The summed E-state index contributed by atoms with van der Waals surface area (Å²) in [5.74, 6) is 0. The largest absolute Gasteiger partial charge is 0.326 e. The van der Waals surface area contributed by atoms with Crippen molar-refractivity contribution in [2.75, 3.05) is 6.54 Å². The van der Waals surface area contributed by atoms with Gasteiger partial charge in [-0.2, -0.15) is 0 Å². The number of nitrogens with zero attached hydrogens (tertiary/aromatic N) is 2. The molecule has 2 unspecified atom stereocenters. The van der Waals surface area contributed by atoms with Crippen LogP contribution < -0.4 is 5.73 Å². The van der Waals surface area contributed by atoms with Crippen molar-refractivity contribution in [3.8, 4) is 0 Å². The summed E-state index contributed by atoms with van der Waals surface area (Å²) in [6, 6.07) is 7.37. The predicted molar refractivity (Wildman–Crippen MR) is 74.9 cm³/mol. The Hall–Kier alpha value is -1.46. The molecule has 0 radical (unpaired) electrons. The van der Waals surface area contributed by atoms with Crippen LogP contribution in [0.2, 0.25) is 0 Å². The quantitative estimate of drug-likeness (QED) is 0.671. The van der Waals surface area contributed by atoms with Gasteiger partial charge in [0.25, 0.3) is 5.69 Å².